The molecule has 0 aliphatic heterocycles. The van der Waals surface area contributed by atoms with Crippen LogP contribution in [0, 0.1) is 0 Å². The Balaban J connectivity index is 0.000000762. The van der Waals surface area contributed by atoms with Crippen LogP contribution in [0.3, 0.4) is 0 Å². The number of Topliss-reactive ketones (excluding diaryl/α,β-unsaturated/α-hetero) is 1. The molecule has 0 bridgehead atoms. The van der Waals surface area contributed by atoms with Gasteiger partial charge >= 0.3 is 18.1 Å². The van der Waals surface area contributed by atoms with Crippen LogP contribution in [-0.2, 0) is 14.8 Å². The first-order valence-electron chi connectivity index (χ1n) is 9.98. The second-order valence-electron chi connectivity index (χ2n) is 7.16. The van der Waals surface area contributed by atoms with Crippen molar-refractivity contribution in [2.45, 2.75) is 37.8 Å². The molecule has 10 nitrogen and oxygen atoms in total. The molecule has 14 heteroatoms. The van der Waals surface area contributed by atoms with Crippen LogP contribution in [-0.4, -0.2) is 61.1 Å². The summed E-state index contributed by atoms with van der Waals surface area (Å²) in [4.78, 5) is 37.7. The fraction of sp³-hybridized carbons (Fsp3) is 0.333. The van der Waals surface area contributed by atoms with Crippen molar-refractivity contribution >= 4 is 39.3 Å². The SMILES string of the molecule is CCCCN(C)c1ncc(NS(=O)(=O)c2ccc(C(C)=O)cc2)cc1C(=O)O.O=C(O)C(F)(F)F. The highest BCUT2D eigenvalue weighted by Crippen LogP contribution is 2.23. The molecule has 2 aromatic rings. The molecular formula is C21H24F3N3O7S. The molecule has 1 heterocycles. The lowest BCUT2D eigenvalue weighted by Crippen LogP contribution is -2.23. The number of unbranched alkanes of at least 4 members (excludes halogenated alkanes) is 1. The van der Waals surface area contributed by atoms with E-state index in [1.165, 1.54) is 43.5 Å². The van der Waals surface area contributed by atoms with Crippen LogP contribution in [0.15, 0.2) is 41.4 Å². The summed E-state index contributed by atoms with van der Waals surface area (Å²) in [7, 11) is -2.21. The number of rotatable bonds is 9. The number of carboxylic acid groups (broad SMARTS) is 2. The summed E-state index contributed by atoms with van der Waals surface area (Å²) in [5, 5.41) is 16.6. The van der Waals surface area contributed by atoms with Crippen LogP contribution in [0.2, 0.25) is 0 Å². The van der Waals surface area contributed by atoms with Crippen molar-refractivity contribution in [3.05, 3.63) is 47.7 Å². The van der Waals surface area contributed by atoms with Crippen molar-refractivity contribution < 1.29 is 46.2 Å². The van der Waals surface area contributed by atoms with E-state index in [0.717, 1.165) is 12.8 Å². The van der Waals surface area contributed by atoms with Crippen molar-refractivity contribution in [1.29, 1.82) is 0 Å². The summed E-state index contributed by atoms with van der Waals surface area (Å²) in [6, 6.07) is 6.72. The minimum atomic E-state index is -5.08. The van der Waals surface area contributed by atoms with Crippen LogP contribution < -0.4 is 9.62 Å². The number of nitrogens with one attached hydrogen (secondary N) is 1. The topological polar surface area (TPSA) is 154 Å². The largest absolute Gasteiger partial charge is 0.490 e. The lowest BCUT2D eigenvalue weighted by atomic mass is 10.2. The average molecular weight is 519 g/mol. The Morgan fingerprint density at radius 1 is 1.11 bits per heavy atom. The Kier molecular flexibility index (Phi) is 10.2. The van der Waals surface area contributed by atoms with Crippen LogP contribution in [0.4, 0.5) is 24.7 Å². The fourth-order valence-corrected chi connectivity index (χ4v) is 3.59. The first-order valence-corrected chi connectivity index (χ1v) is 11.5. The van der Waals surface area contributed by atoms with E-state index in [9.17, 15) is 36.3 Å². The molecule has 0 fully saturated rings. The Morgan fingerprint density at radius 2 is 1.66 bits per heavy atom. The van der Waals surface area contributed by atoms with Crippen LogP contribution >= 0.6 is 0 Å². The van der Waals surface area contributed by atoms with E-state index in [1.807, 2.05) is 6.92 Å². The molecule has 1 aromatic carbocycles. The van der Waals surface area contributed by atoms with E-state index in [1.54, 1.807) is 11.9 Å². The normalized spacial score (nSPS) is 11.1. The van der Waals surface area contributed by atoms with Crippen molar-refractivity contribution in [3.63, 3.8) is 0 Å². The third-order valence-electron chi connectivity index (χ3n) is 4.37. The van der Waals surface area contributed by atoms with Gasteiger partial charge in [0.1, 0.15) is 11.4 Å². The Labute approximate surface area is 199 Å². The third-order valence-corrected chi connectivity index (χ3v) is 5.77. The van der Waals surface area contributed by atoms with E-state index in [2.05, 4.69) is 9.71 Å². The summed E-state index contributed by atoms with van der Waals surface area (Å²) in [5.74, 6) is -3.85. The predicted molar refractivity (Wildman–Crippen MR) is 120 cm³/mol. The van der Waals surface area contributed by atoms with Crippen LogP contribution in [0.25, 0.3) is 0 Å². The number of nitrogens with zero attached hydrogens (tertiary/aromatic N) is 2. The molecule has 192 valence electrons. The monoisotopic (exact) mass is 519 g/mol. The number of halogens is 3. The number of pyridine rings is 1. The molecule has 0 radical (unpaired) electrons. The molecule has 2 rings (SSSR count). The smallest absolute Gasteiger partial charge is 0.478 e. The van der Waals surface area contributed by atoms with Gasteiger partial charge in [-0.05, 0) is 31.5 Å². The molecule has 0 saturated heterocycles. The molecule has 35 heavy (non-hydrogen) atoms. The van der Waals surface area contributed by atoms with E-state index < -0.39 is 28.1 Å². The quantitative estimate of drug-likeness (QED) is 0.421. The van der Waals surface area contributed by atoms with Gasteiger partial charge in [-0.1, -0.05) is 25.5 Å². The Morgan fingerprint density at radius 3 is 2.09 bits per heavy atom. The summed E-state index contributed by atoms with van der Waals surface area (Å²) in [6.45, 7) is 4.05. The number of hydrogen-bond donors (Lipinski definition) is 3. The molecule has 0 saturated carbocycles. The van der Waals surface area contributed by atoms with Gasteiger partial charge in [-0.25, -0.2) is 23.0 Å². The molecule has 0 amide bonds. The summed E-state index contributed by atoms with van der Waals surface area (Å²) >= 11 is 0. The molecule has 3 N–H and O–H groups in total. The maximum atomic E-state index is 12.5. The van der Waals surface area contributed by atoms with Gasteiger partial charge in [0, 0.05) is 19.2 Å². The molecule has 0 spiro atoms. The average Bonchev–Trinajstić information content (AvgIpc) is 2.77. The lowest BCUT2D eigenvalue weighted by Gasteiger charge is -2.20. The Bertz CT molecular complexity index is 1170. The zero-order chi connectivity index (χ0) is 27.0. The number of carboxylic acids is 2. The number of ketones is 1. The second kappa shape index (κ2) is 12.1. The highest BCUT2D eigenvalue weighted by molar-refractivity contribution is 7.92. The van der Waals surface area contributed by atoms with Gasteiger partial charge < -0.3 is 15.1 Å². The van der Waals surface area contributed by atoms with Crippen LogP contribution in [0.1, 0.15) is 47.4 Å². The fourth-order valence-electron chi connectivity index (χ4n) is 2.56. The molecule has 0 unspecified atom stereocenters. The maximum absolute atomic E-state index is 12.5. The summed E-state index contributed by atoms with van der Waals surface area (Å²) in [5.41, 5.74) is 0.347. The number of alkyl halides is 3. The van der Waals surface area contributed by atoms with Gasteiger partial charge in [-0.3, -0.25) is 9.52 Å². The van der Waals surface area contributed by atoms with E-state index >= 15 is 0 Å². The predicted octanol–water partition coefficient (Wildman–Crippen LogP) is 3.65. The minimum Gasteiger partial charge on any atom is -0.478 e. The first kappa shape index (κ1) is 29.4. The van der Waals surface area contributed by atoms with E-state index in [4.69, 9.17) is 9.90 Å². The third kappa shape index (κ3) is 8.88. The molecule has 0 aliphatic carbocycles. The van der Waals surface area contributed by atoms with E-state index in [-0.39, 0.29) is 27.7 Å². The number of benzene rings is 1. The van der Waals surface area contributed by atoms with Gasteiger partial charge in [0.25, 0.3) is 10.0 Å². The first-order chi connectivity index (χ1) is 16.1. The summed E-state index contributed by atoms with van der Waals surface area (Å²) < 4.78 is 59.2. The van der Waals surface area contributed by atoms with E-state index in [0.29, 0.717) is 12.1 Å². The number of hydrogen-bond acceptors (Lipinski definition) is 7. The number of carbonyl (C=O) groups is 3. The molecule has 0 aliphatic rings. The summed E-state index contributed by atoms with van der Waals surface area (Å²) in [6.07, 6.45) is -1.97. The van der Waals surface area contributed by atoms with Crippen molar-refractivity contribution in [1.82, 2.24) is 4.98 Å². The van der Waals surface area contributed by atoms with Gasteiger partial charge in [0.15, 0.2) is 5.78 Å². The number of sulfonamides is 1. The standard InChI is InChI=1S/C19H23N3O5S.C2HF3O2/c1-4-5-10-22(3)18-17(19(24)25)11-15(12-20-18)21-28(26,27)16-8-6-14(7-9-16)13(2)23;3-2(4,5)1(6)7/h6-9,11-12,21H,4-5,10H2,1-3H3,(H,24,25);(H,6,7). The van der Waals surface area contributed by atoms with Gasteiger partial charge in [-0.2, -0.15) is 13.2 Å². The number of carbonyl (C=O) groups excluding carboxylic acids is 1. The highest BCUT2D eigenvalue weighted by atomic mass is 32.2. The molecule has 0 atom stereocenters. The zero-order valence-electron chi connectivity index (χ0n) is 19.0. The lowest BCUT2D eigenvalue weighted by molar-refractivity contribution is -0.192. The maximum Gasteiger partial charge on any atom is 0.490 e. The zero-order valence-corrected chi connectivity index (χ0v) is 19.8. The highest BCUT2D eigenvalue weighted by Gasteiger charge is 2.38. The molecule has 1 aromatic heterocycles. The number of aliphatic carboxylic acids is 1. The number of anilines is 2. The molecular weight excluding hydrogens is 495 g/mol. The van der Waals surface area contributed by atoms with Crippen LogP contribution in [0.5, 0.6) is 0 Å². The van der Waals surface area contributed by atoms with Gasteiger partial charge in [0.05, 0.1) is 16.8 Å². The van der Waals surface area contributed by atoms with Gasteiger partial charge in [0.2, 0.25) is 0 Å². The van der Waals surface area contributed by atoms with Crippen molar-refractivity contribution in [2.24, 2.45) is 0 Å². The second-order valence-corrected chi connectivity index (χ2v) is 8.85. The number of aromatic nitrogens is 1. The number of aromatic carboxylic acids is 1. The Hall–Kier alpha value is -3.68. The minimum absolute atomic E-state index is 0.0423. The van der Waals surface area contributed by atoms with Crippen molar-refractivity contribution in [2.75, 3.05) is 23.2 Å². The van der Waals surface area contributed by atoms with Crippen molar-refractivity contribution in [3.8, 4) is 0 Å². The van der Waals surface area contributed by atoms with Gasteiger partial charge in [-0.15, -0.1) is 0 Å².